The molecule has 8 heteroatoms. The summed E-state index contributed by atoms with van der Waals surface area (Å²) in [6.07, 6.45) is 3.60. The van der Waals surface area contributed by atoms with E-state index < -0.39 is 0 Å². The summed E-state index contributed by atoms with van der Waals surface area (Å²) in [5, 5.41) is 17.0. The minimum atomic E-state index is 0.692. The molecule has 0 spiro atoms. The van der Waals surface area contributed by atoms with Crippen molar-refractivity contribution in [1.82, 2.24) is 25.1 Å². The molecule has 2 aromatic carbocycles. The number of aromatic nitrogens is 5. The topological polar surface area (TPSA) is 91.4 Å². The minimum absolute atomic E-state index is 0.692. The molecular formula is C25H19N7S. The summed E-state index contributed by atoms with van der Waals surface area (Å²) in [5.74, 6) is 2.35. The van der Waals surface area contributed by atoms with Gasteiger partial charge in [-0.3, -0.25) is 5.10 Å². The van der Waals surface area contributed by atoms with E-state index in [-0.39, 0.29) is 0 Å². The van der Waals surface area contributed by atoms with Gasteiger partial charge in [-0.05, 0) is 47.3 Å². The molecule has 4 heterocycles. The second-order valence-electron chi connectivity index (χ2n) is 7.59. The first-order valence-corrected chi connectivity index (χ1v) is 11.4. The van der Waals surface area contributed by atoms with Gasteiger partial charge in [0.1, 0.15) is 5.82 Å². The van der Waals surface area contributed by atoms with Crippen LogP contribution >= 0.6 is 11.3 Å². The maximum atomic E-state index is 4.87. The number of fused-ring (bicyclic) bond motifs is 2. The van der Waals surface area contributed by atoms with Crippen molar-refractivity contribution >= 4 is 49.8 Å². The van der Waals surface area contributed by atoms with Crippen LogP contribution in [0.5, 0.6) is 0 Å². The Morgan fingerprint density at radius 1 is 0.939 bits per heavy atom. The van der Waals surface area contributed by atoms with Gasteiger partial charge in [-0.15, -0.1) is 11.3 Å². The van der Waals surface area contributed by atoms with E-state index in [0.717, 1.165) is 49.6 Å². The molecule has 0 aliphatic rings. The monoisotopic (exact) mass is 449 g/mol. The molecule has 0 amide bonds. The summed E-state index contributed by atoms with van der Waals surface area (Å²) in [6, 6.07) is 22.2. The average molecular weight is 450 g/mol. The lowest BCUT2D eigenvalue weighted by atomic mass is 10.1. The lowest BCUT2D eigenvalue weighted by Crippen LogP contribution is -2.01. The number of anilines is 3. The number of thiophene rings is 1. The van der Waals surface area contributed by atoms with E-state index in [2.05, 4.69) is 56.1 Å². The molecule has 0 saturated heterocycles. The van der Waals surface area contributed by atoms with Crippen molar-refractivity contribution < 1.29 is 0 Å². The largest absolute Gasteiger partial charge is 0.366 e. The highest BCUT2D eigenvalue weighted by molar-refractivity contribution is 7.17. The zero-order valence-corrected chi connectivity index (χ0v) is 18.3. The van der Waals surface area contributed by atoms with E-state index in [0.29, 0.717) is 12.4 Å². The van der Waals surface area contributed by atoms with Gasteiger partial charge in [0.15, 0.2) is 11.6 Å². The number of aromatic amines is 1. The summed E-state index contributed by atoms with van der Waals surface area (Å²) in [4.78, 5) is 14.0. The number of rotatable bonds is 6. The molecule has 3 N–H and O–H groups in total. The van der Waals surface area contributed by atoms with Crippen molar-refractivity contribution in [1.29, 1.82) is 0 Å². The van der Waals surface area contributed by atoms with Crippen LogP contribution in [0.4, 0.5) is 17.3 Å². The zero-order valence-electron chi connectivity index (χ0n) is 17.5. The van der Waals surface area contributed by atoms with Gasteiger partial charge in [-0.1, -0.05) is 30.3 Å². The van der Waals surface area contributed by atoms with Crippen molar-refractivity contribution in [3.63, 3.8) is 0 Å². The van der Waals surface area contributed by atoms with Gasteiger partial charge in [0.2, 0.25) is 0 Å². The summed E-state index contributed by atoms with van der Waals surface area (Å²) < 4.78 is 1.03. The van der Waals surface area contributed by atoms with Gasteiger partial charge in [0.05, 0.1) is 21.9 Å². The van der Waals surface area contributed by atoms with Gasteiger partial charge in [0.25, 0.3) is 0 Å². The number of hydrogen-bond acceptors (Lipinski definition) is 7. The fourth-order valence-corrected chi connectivity index (χ4v) is 4.44. The standard InChI is InChI=1S/C25H19N7S/c1-2-11-26-22(3-1)27-14-16-4-6-17(7-5-16)24-30-21-10-12-33-23(21)25(31-24)29-19-8-9-20-18(13-19)15-28-32-20/h1-13,15H,14H2,(H,26,27)(H,28,32)(H,29,30,31). The summed E-state index contributed by atoms with van der Waals surface area (Å²) >= 11 is 1.63. The fourth-order valence-electron chi connectivity index (χ4n) is 3.67. The highest BCUT2D eigenvalue weighted by atomic mass is 32.1. The average Bonchev–Trinajstić information content (AvgIpc) is 3.53. The van der Waals surface area contributed by atoms with Crippen LogP contribution < -0.4 is 10.6 Å². The molecule has 0 radical (unpaired) electrons. The highest BCUT2D eigenvalue weighted by Gasteiger charge is 2.12. The SMILES string of the molecule is c1ccc(NCc2ccc(-c3nc(Nc4ccc5[nH]ncc5c4)c4sccc4n3)cc2)nc1. The molecule has 0 unspecified atom stereocenters. The van der Waals surface area contributed by atoms with E-state index >= 15 is 0 Å². The van der Waals surface area contributed by atoms with Gasteiger partial charge >= 0.3 is 0 Å². The first-order valence-electron chi connectivity index (χ1n) is 10.5. The molecule has 160 valence electrons. The fraction of sp³-hybridized carbons (Fsp3) is 0.0400. The second kappa shape index (κ2) is 8.33. The third kappa shape index (κ3) is 3.99. The predicted molar refractivity (Wildman–Crippen MR) is 134 cm³/mol. The molecule has 6 aromatic rings. The van der Waals surface area contributed by atoms with Crippen molar-refractivity contribution in [3.8, 4) is 11.4 Å². The third-order valence-electron chi connectivity index (χ3n) is 5.36. The lowest BCUT2D eigenvalue weighted by Gasteiger charge is -2.10. The number of hydrogen-bond donors (Lipinski definition) is 3. The van der Waals surface area contributed by atoms with Crippen LogP contribution in [0.15, 0.2) is 84.5 Å². The van der Waals surface area contributed by atoms with Gasteiger partial charge in [0, 0.05) is 29.4 Å². The normalized spacial score (nSPS) is 11.2. The third-order valence-corrected chi connectivity index (χ3v) is 6.27. The van der Waals surface area contributed by atoms with Crippen molar-refractivity contribution in [2.75, 3.05) is 10.6 Å². The molecule has 0 aliphatic heterocycles. The molecule has 33 heavy (non-hydrogen) atoms. The van der Waals surface area contributed by atoms with Crippen molar-refractivity contribution in [3.05, 3.63) is 90.1 Å². The molecule has 4 aromatic heterocycles. The Morgan fingerprint density at radius 3 is 2.76 bits per heavy atom. The number of pyridine rings is 1. The van der Waals surface area contributed by atoms with E-state index in [9.17, 15) is 0 Å². The van der Waals surface area contributed by atoms with Crippen LogP contribution in [0.25, 0.3) is 32.5 Å². The Labute approximate surface area is 193 Å². The van der Waals surface area contributed by atoms with Gasteiger partial charge in [-0.25, -0.2) is 15.0 Å². The van der Waals surface area contributed by atoms with Crippen LogP contribution in [0.2, 0.25) is 0 Å². The van der Waals surface area contributed by atoms with E-state index in [1.54, 1.807) is 17.5 Å². The van der Waals surface area contributed by atoms with Crippen LogP contribution in [-0.4, -0.2) is 25.1 Å². The molecule has 0 saturated carbocycles. The Balaban J connectivity index is 1.28. The highest BCUT2D eigenvalue weighted by Crippen LogP contribution is 2.31. The van der Waals surface area contributed by atoms with Crippen LogP contribution in [-0.2, 0) is 6.54 Å². The molecular weight excluding hydrogens is 430 g/mol. The van der Waals surface area contributed by atoms with Gasteiger partial charge in [-0.2, -0.15) is 5.10 Å². The Bertz CT molecular complexity index is 1540. The van der Waals surface area contributed by atoms with Crippen LogP contribution in [0.3, 0.4) is 0 Å². The Kier molecular flexibility index (Phi) is 4.89. The van der Waals surface area contributed by atoms with E-state index in [1.807, 2.05) is 48.0 Å². The molecule has 0 aliphatic carbocycles. The van der Waals surface area contributed by atoms with Crippen LogP contribution in [0.1, 0.15) is 5.56 Å². The van der Waals surface area contributed by atoms with E-state index in [1.165, 1.54) is 0 Å². The van der Waals surface area contributed by atoms with Gasteiger partial charge < -0.3 is 10.6 Å². The van der Waals surface area contributed by atoms with Crippen molar-refractivity contribution in [2.24, 2.45) is 0 Å². The lowest BCUT2D eigenvalue weighted by molar-refractivity contribution is 1.11. The minimum Gasteiger partial charge on any atom is -0.366 e. The molecule has 0 atom stereocenters. The smallest absolute Gasteiger partial charge is 0.162 e. The number of nitrogens with zero attached hydrogens (tertiary/aromatic N) is 4. The number of nitrogens with one attached hydrogen (secondary N) is 3. The number of H-pyrrole nitrogens is 1. The number of benzene rings is 2. The predicted octanol–water partition coefficient (Wildman–Crippen LogP) is 5.99. The quantitative estimate of drug-likeness (QED) is 0.289. The first-order chi connectivity index (χ1) is 16.3. The molecule has 0 bridgehead atoms. The maximum absolute atomic E-state index is 4.87. The Hall–Kier alpha value is -4.30. The first kappa shape index (κ1) is 19.4. The van der Waals surface area contributed by atoms with E-state index in [4.69, 9.17) is 9.97 Å². The Morgan fingerprint density at radius 2 is 1.88 bits per heavy atom. The molecule has 0 fully saturated rings. The summed E-state index contributed by atoms with van der Waals surface area (Å²) in [7, 11) is 0. The molecule has 6 rings (SSSR count). The zero-order chi connectivity index (χ0) is 22.0. The molecule has 7 nitrogen and oxygen atoms in total. The summed E-state index contributed by atoms with van der Waals surface area (Å²) in [5.41, 5.74) is 5.02. The summed E-state index contributed by atoms with van der Waals surface area (Å²) in [6.45, 7) is 0.699. The maximum Gasteiger partial charge on any atom is 0.162 e. The van der Waals surface area contributed by atoms with Crippen LogP contribution in [0, 0.1) is 0 Å². The van der Waals surface area contributed by atoms with Crippen molar-refractivity contribution in [2.45, 2.75) is 6.54 Å². The second-order valence-corrected chi connectivity index (χ2v) is 8.51.